The zero-order valence-corrected chi connectivity index (χ0v) is 10.8. The van der Waals surface area contributed by atoms with E-state index in [1.807, 2.05) is 13.0 Å². The molecule has 0 amide bonds. The highest BCUT2D eigenvalue weighted by molar-refractivity contribution is 5.62. The van der Waals surface area contributed by atoms with Crippen molar-refractivity contribution < 1.29 is 14.4 Å². The van der Waals surface area contributed by atoms with Crippen molar-refractivity contribution in [2.75, 3.05) is 32.7 Å². The summed E-state index contributed by atoms with van der Waals surface area (Å²) < 4.78 is 10.2. The van der Waals surface area contributed by atoms with Crippen molar-refractivity contribution in [2.24, 2.45) is 0 Å². The summed E-state index contributed by atoms with van der Waals surface area (Å²) >= 11 is 0. The summed E-state index contributed by atoms with van der Waals surface area (Å²) in [6.07, 6.45) is -0.143. The summed E-state index contributed by atoms with van der Waals surface area (Å²) in [6, 6.07) is 5.07. The molecule has 6 heteroatoms. The molecule has 0 bridgehead atoms. The highest BCUT2D eigenvalue weighted by Gasteiger charge is 2.15. The van der Waals surface area contributed by atoms with Crippen LogP contribution in [0.25, 0.3) is 0 Å². The van der Waals surface area contributed by atoms with Crippen LogP contribution in [0.15, 0.2) is 18.2 Å². The Labute approximate surface area is 106 Å². The van der Waals surface area contributed by atoms with E-state index in [1.54, 1.807) is 26.4 Å². The smallest absolute Gasteiger partial charge is 0.292 e. The molecule has 1 rings (SSSR count). The Hall–Kier alpha value is -1.66. The van der Waals surface area contributed by atoms with Gasteiger partial charge in [-0.05, 0) is 18.6 Å². The Morgan fingerprint density at radius 1 is 1.44 bits per heavy atom. The van der Waals surface area contributed by atoms with Gasteiger partial charge in [0, 0.05) is 26.8 Å². The molecule has 0 saturated heterocycles. The number of nitrogens with zero attached hydrogens (tertiary/aromatic N) is 1. The van der Waals surface area contributed by atoms with Crippen LogP contribution < -0.4 is 5.32 Å². The molecule has 0 fully saturated rings. The van der Waals surface area contributed by atoms with E-state index in [4.69, 9.17) is 9.47 Å². The lowest BCUT2D eigenvalue weighted by atomic mass is 10.2. The normalized spacial score (nSPS) is 12.2. The van der Waals surface area contributed by atoms with Crippen molar-refractivity contribution in [3.05, 3.63) is 33.9 Å². The molecule has 0 radical (unpaired) electrons. The van der Waals surface area contributed by atoms with Crippen molar-refractivity contribution in [2.45, 2.75) is 13.0 Å². The predicted octanol–water partition coefficient (Wildman–Crippen LogP) is 1.98. The minimum absolute atomic E-state index is 0.0715. The number of nitrogens with one attached hydrogen (secondary N) is 1. The maximum absolute atomic E-state index is 10.9. The number of anilines is 1. The Bertz CT molecular complexity index is 409. The average molecular weight is 254 g/mol. The van der Waals surface area contributed by atoms with Gasteiger partial charge in [0.05, 0.1) is 17.6 Å². The number of ether oxygens (including phenoxy) is 2. The Balaban J connectivity index is 2.74. The lowest BCUT2D eigenvalue weighted by Gasteiger charge is -2.15. The van der Waals surface area contributed by atoms with E-state index < -0.39 is 4.92 Å². The van der Waals surface area contributed by atoms with Gasteiger partial charge in [0.15, 0.2) is 0 Å². The van der Waals surface area contributed by atoms with Crippen LogP contribution in [0.5, 0.6) is 0 Å². The standard InChI is InChI=1S/C12H18N2O4/c1-9-4-5-11(12(6-9)14(15)16)13-7-10(18-3)8-17-2/h4-6,10,13H,7-8H2,1-3H3. The topological polar surface area (TPSA) is 73.6 Å². The van der Waals surface area contributed by atoms with Crippen LogP contribution in [0.2, 0.25) is 0 Å². The van der Waals surface area contributed by atoms with Gasteiger partial charge in [0.1, 0.15) is 5.69 Å². The number of nitro groups is 1. The first-order chi connectivity index (χ1) is 8.58. The molecule has 6 nitrogen and oxygen atoms in total. The van der Waals surface area contributed by atoms with Crippen molar-refractivity contribution in [3.63, 3.8) is 0 Å². The highest BCUT2D eigenvalue weighted by atomic mass is 16.6. The Morgan fingerprint density at radius 2 is 2.17 bits per heavy atom. The van der Waals surface area contributed by atoms with Gasteiger partial charge < -0.3 is 14.8 Å². The largest absolute Gasteiger partial charge is 0.382 e. The first kappa shape index (κ1) is 14.4. The van der Waals surface area contributed by atoms with Gasteiger partial charge in [0.25, 0.3) is 5.69 Å². The van der Waals surface area contributed by atoms with Gasteiger partial charge in [-0.3, -0.25) is 10.1 Å². The summed E-state index contributed by atoms with van der Waals surface area (Å²) in [7, 11) is 3.16. The fourth-order valence-corrected chi connectivity index (χ4v) is 1.56. The predicted molar refractivity (Wildman–Crippen MR) is 69.0 cm³/mol. The van der Waals surface area contributed by atoms with E-state index in [0.717, 1.165) is 5.56 Å². The zero-order valence-electron chi connectivity index (χ0n) is 10.8. The molecule has 0 saturated carbocycles. The molecule has 1 atom stereocenters. The summed E-state index contributed by atoms with van der Waals surface area (Å²) in [4.78, 5) is 10.5. The van der Waals surface area contributed by atoms with E-state index >= 15 is 0 Å². The van der Waals surface area contributed by atoms with Gasteiger partial charge in [-0.1, -0.05) is 6.07 Å². The van der Waals surface area contributed by atoms with Crippen LogP contribution in [-0.2, 0) is 9.47 Å². The SMILES string of the molecule is COCC(CNc1ccc(C)cc1[N+](=O)[O-])OC. The maximum Gasteiger partial charge on any atom is 0.292 e. The maximum atomic E-state index is 10.9. The molecule has 100 valence electrons. The summed E-state index contributed by atoms with van der Waals surface area (Å²) in [5.41, 5.74) is 1.42. The molecule has 0 aliphatic rings. The third kappa shape index (κ3) is 3.97. The molecule has 0 aromatic heterocycles. The summed E-state index contributed by atoms with van der Waals surface area (Å²) in [6.45, 7) is 2.71. The number of hydrogen-bond donors (Lipinski definition) is 1. The quantitative estimate of drug-likeness (QED) is 0.595. The first-order valence-electron chi connectivity index (χ1n) is 5.59. The van der Waals surface area contributed by atoms with Crippen LogP contribution in [0.1, 0.15) is 5.56 Å². The van der Waals surface area contributed by atoms with Crippen LogP contribution in [0.3, 0.4) is 0 Å². The van der Waals surface area contributed by atoms with E-state index in [9.17, 15) is 10.1 Å². The number of nitro benzene ring substituents is 1. The second-order valence-corrected chi connectivity index (χ2v) is 3.97. The number of aryl methyl sites for hydroxylation is 1. The molecule has 0 aliphatic carbocycles. The van der Waals surface area contributed by atoms with E-state index in [-0.39, 0.29) is 11.8 Å². The second-order valence-electron chi connectivity index (χ2n) is 3.97. The molecule has 0 heterocycles. The summed E-state index contributed by atoms with van der Waals surface area (Å²) in [5, 5.41) is 13.9. The van der Waals surface area contributed by atoms with Crippen LogP contribution >= 0.6 is 0 Å². The fraction of sp³-hybridized carbons (Fsp3) is 0.500. The molecule has 1 aromatic carbocycles. The Morgan fingerprint density at radius 3 is 2.72 bits per heavy atom. The zero-order chi connectivity index (χ0) is 13.5. The third-order valence-electron chi connectivity index (χ3n) is 2.56. The number of benzene rings is 1. The fourth-order valence-electron chi connectivity index (χ4n) is 1.56. The van der Waals surface area contributed by atoms with E-state index in [0.29, 0.717) is 18.8 Å². The molecular formula is C12H18N2O4. The van der Waals surface area contributed by atoms with Crippen molar-refractivity contribution in [1.29, 1.82) is 0 Å². The number of methoxy groups -OCH3 is 2. The highest BCUT2D eigenvalue weighted by Crippen LogP contribution is 2.25. The lowest BCUT2D eigenvalue weighted by molar-refractivity contribution is -0.384. The molecular weight excluding hydrogens is 236 g/mol. The molecule has 1 N–H and O–H groups in total. The van der Waals surface area contributed by atoms with Gasteiger partial charge in [0.2, 0.25) is 0 Å². The molecule has 0 aliphatic heterocycles. The van der Waals surface area contributed by atoms with Crippen LogP contribution in [0.4, 0.5) is 11.4 Å². The van der Waals surface area contributed by atoms with Gasteiger partial charge in [-0.25, -0.2) is 0 Å². The average Bonchev–Trinajstić information content (AvgIpc) is 2.35. The Kier molecular flexibility index (Phi) is 5.54. The van der Waals surface area contributed by atoms with E-state index in [1.165, 1.54) is 0 Å². The monoisotopic (exact) mass is 254 g/mol. The van der Waals surface area contributed by atoms with Crippen LogP contribution in [0, 0.1) is 17.0 Å². The van der Waals surface area contributed by atoms with Gasteiger partial charge in [-0.2, -0.15) is 0 Å². The minimum atomic E-state index is -0.395. The summed E-state index contributed by atoms with van der Waals surface area (Å²) in [5.74, 6) is 0. The van der Waals surface area contributed by atoms with Crippen molar-refractivity contribution >= 4 is 11.4 Å². The van der Waals surface area contributed by atoms with E-state index in [2.05, 4.69) is 5.32 Å². The van der Waals surface area contributed by atoms with Crippen molar-refractivity contribution in [1.82, 2.24) is 0 Å². The first-order valence-corrected chi connectivity index (χ1v) is 5.59. The number of rotatable bonds is 7. The molecule has 1 unspecified atom stereocenters. The molecule has 1 aromatic rings. The molecule has 18 heavy (non-hydrogen) atoms. The third-order valence-corrected chi connectivity index (χ3v) is 2.56. The number of hydrogen-bond acceptors (Lipinski definition) is 5. The van der Waals surface area contributed by atoms with Gasteiger partial charge >= 0.3 is 0 Å². The second kappa shape index (κ2) is 6.93. The molecule has 0 spiro atoms. The van der Waals surface area contributed by atoms with Gasteiger partial charge in [-0.15, -0.1) is 0 Å². The minimum Gasteiger partial charge on any atom is -0.382 e. The lowest BCUT2D eigenvalue weighted by Crippen LogP contribution is -2.26. The van der Waals surface area contributed by atoms with Crippen molar-refractivity contribution in [3.8, 4) is 0 Å². The van der Waals surface area contributed by atoms with Crippen LogP contribution in [-0.4, -0.2) is 38.4 Å².